The predicted molar refractivity (Wildman–Crippen MR) is 144 cm³/mol. The van der Waals surface area contributed by atoms with Crippen LogP contribution in [-0.2, 0) is 25.7 Å². The van der Waals surface area contributed by atoms with Crippen LogP contribution in [0.4, 0.5) is 4.39 Å². The van der Waals surface area contributed by atoms with E-state index in [0.29, 0.717) is 43.9 Å². The summed E-state index contributed by atoms with van der Waals surface area (Å²) in [6.07, 6.45) is 6.36. The van der Waals surface area contributed by atoms with Crippen LogP contribution >= 0.6 is 24.2 Å². The quantitative estimate of drug-likeness (QED) is 0.392. The molecule has 2 aromatic rings. The van der Waals surface area contributed by atoms with Gasteiger partial charge in [-0.1, -0.05) is 30.0 Å². The Kier molecular flexibility index (Phi) is 10.5. The smallest absolute Gasteiger partial charge is 0.307 e. The van der Waals surface area contributed by atoms with Gasteiger partial charge in [0, 0.05) is 42.9 Å². The Labute approximate surface area is 227 Å². The Bertz CT molecular complexity index is 1150. The van der Waals surface area contributed by atoms with Crippen LogP contribution in [0, 0.1) is 11.7 Å². The maximum atomic E-state index is 14.8. The zero-order valence-corrected chi connectivity index (χ0v) is 22.7. The van der Waals surface area contributed by atoms with Crippen molar-refractivity contribution in [1.29, 1.82) is 0 Å². The number of aromatic nitrogens is 2. The number of rotatable bonds is 10. The van der Waals surface area contributed by atoms with Gasteiger partial charge in [-0.15, -0.1) is 12.4 Å². The summed E-state index contributed by atoms with van der Waals surface area (Å²) >= 11 is 1.28. The molecule has 2 fully saturated rings. The average molecular weight is 550 g/mol. The van der Waals surface area contributed by atoms with Crippen molar-refractivity contribution < 1.29 is 23.5 Å². The minimum absolute atomic E-state index is 0. The van der Waals surface area contributed by atoms with Crippen LogP contribution in [0.25, 0.3) is 6.08 Å². The summed E-state index contributed by atoms with van der Waals surface area (Å²) in [5.41, 5.74) is 2.09. The van der Waals surface area contributed by atoms with E-state index in [0.717, 1.165) is 18.4 Å². The van der Waals surface area contributed by atoms with Gasteiger partial charge in [0.05, 0.1) is 31.3 Å². The van der Waals surface area contributed by atoms with Crippen LogP contribution in [0.2, 0.25) is 0 Å². The SMILES string of the molecule is CCOC(=O)CCn1ccc(/C=C2/CN(C(C(=O)C3CC3)c3ccccc3F)CCC2SC(C)=O)n1.Cl. The highest BCUT2D eigenvalue weighted by molar-refractivity contribution is 8.14. The zero-order chi connectivity index (χ0) is 25.7. The van der Waals surface area contributed by atoms with E-state index in [1.807, 2.05) is 17.0 Å². The first-order valence-electron chi connectivity index (χ1n) is 12.4. The lowest BCUT2D eigenvalue weighted by Gasteiger charge is -2.38. The number of likely N-dealkylation sites (tertiary alicyclic amines) is 1. The third-order valence-electron chi connectivity index (χ3n) is 6.45. The molecule has 0 amide bonds. The lowest BCUT2D eigenvalue weighted by molar-refractivity contribution is -0.143. The monoisotopic (exact) mass is 549 g/mol. The molecule has 0 radical (unpaired) electrons. The molecule has 1 aliphatic heterocycles. The average Bonchev–Trinajstić information content (AvgIpc) is 3.60. The number of benzene rings is 1. The number of carbonyl (C=O) groups is 3. The topological polar surface area (TPSA) is 81.5 Å². The number of hydrogen-bond donors (Lipinski definition) is 0. The van der Waals surface area contributed by atoms with E-state index in [1.165, 1.54) is 17.8 Å². The highest BCUT2D eigenvalue weighted by atomic mass is 35.5. The van der Waals surface area contributed by atoms with E-state index in [2.05, 4.69) is 5.10 Å². The number of thioether (sulfide) groups is 1. The molecule has 7 nitrogen and oxygen atoms in total. The molecule has 0 N–H and O–H groups in total. The van der Waals surface area contributed by atoms with Gasteiger partial charge < -0.3 is 4.74 Å². The first-order valence-corrected chi connectivity index (χ1v) is 13.3. The molecular formula is C27H33ClFN3O4S. The van der Waals surface area contributed by atoms with Gasteiger partial charge in [0.1, 0.15) is 5.82 Å². The number of nitrogens with zero attached hydrogens (tertiary/aromatic N) is 3. The number of aryl methyl sites for hydroxylation is 1. The van der Waals surface area contributed by atoms with Crippen molar-refractivity contribution in [3.05, 3.63) is 59.2 Å². The highest BCUT2D eigenvalue weighted by Crippen LogP contribution is 2.40. The molecule has 200 valence electrons. The van der Waals surface area contributed by atoms with Crippen molar-refractivity contribution in [2.45, 2.75) is 57.4 Å². The first-order chi connectivity index (χ1) is 17.4. The Morgan fingerprint density at radius 2 is 1.97 bits per heavy atom. The fraction of sp³-hybridized carbons (Fsp3) is 0.481. The largest absolute Gasteiger partial charge is 0.466 e. The summed E-state index contributed by atoms with van der Waals surface area (Å²) in [6.45, 7) is 5.11. The second kappa shape index (κ2) is 13.3. The molecule has 2 unspecified atom stereocenters. The van der Waals surface area contributed by atoms with Gasteiger partial charge in [0.15, 0.2) is 10.9 Å². The summed E-state index contributed by atoms with van der Waals surface area (Å²) in [5, 5.41) is 4.54. The maximum Gasteiger partial charge on any atom is 0.307 e. The highest BCUT2D eigenvalue weighted by Gasteiger charge is 2.41. The molecule has 1 saturated heterocycles. The number of halogens is 2. The summed E-state index contributed by atoms with van der Waals surface area (Å²) in [7, 11) is 0. The van der Waals surface area contributed by atoms with Crippen molar-refractivity contribution in [2.24, 2.45) is 5.92 Å². The fourth-order valence-electron chi connectivity index (χ4n) is 4.60. The molecule has 37 heavy (non-hydrogen) atoms. The Hall–Kier alpha value is -2.49. The van der Waals surface area contributed by atoms with Gasteiger partial charge in [0.25, 0.3) is 0 Å². The second-order valence-electron chi connectivity index (χ2n) is 9.24. The molecule has 1 aromatic carbocycles. The zero-order valence-electron chi connectivity index (χ0n) is 21.1. The van der Waals surface area contributed by atoms with Crippen molar-refractivity contribution >= 4 is 47.1 Å². The van der Waals surface area contributed by atoms with Crippen LogP contribution in [0.3, 0.4) is 0 Å². The van der Waals surface area contributed by atoms with Gasteiger partial charge in [0.2, 0.25) is 0 Å². The van der Waals surface area contributed by atoms with Crippen LogP contribution in [0.15, 0.2) is 42.1 Å². The number of ether oxygens (including phenoxy) is 1. The van der Waals surface area contributed by atoms with Crippen LogP contribution in [-0.4, -0.2) is 56.5 Å². The molecule has 0 bridgehead atoms. The molecule has 2 heterocycles. The standard InChI is InChI=1S/C27H32FN3O4S.ClH/c1-3-35-25(33)12-15-31-14-10-21(29-31)16-20-17-30(13-11-24(20)36-18(2)32)26(27(34)19-8-9-19)22-6-4-5-7-23(22)28;/h4-7,10,14,16,19,24,26H,3,8-9,11-13,15,17H2,1-2H3;1H/b20-16-;. The van der Waals surface area contributed by atoms with Crippen LogP contribution < -0.4 is 0 Å². The molecule has 10 heteroatoms. The summed E-state index contributed by atoms with van der Waals surface area (Å²) in [5.74, 6) is -0.585. The van der Waals surface area contributed by atoms with Crippen LogP contribution in [0.1, 0.15) is 56.8 Å². The minimum atomic E-state index is -0.646. The molecule has 1 saturated carbocycles. The second-order valence-corrected chi connectivity index (χ2v) is 10.6. The van der Waals surface area contributed by atoms with E-state index < -0.39 is 6.04 Å². The number of piperidine rings is 1. The number of ketones is 1. The molecule has 2 atom stereocenters. The van der Waals surface area contributed by atoms with E-state index in [4.69, 9.17) is 4.74 Å². The predicted octanol–water partition coefficient (Wildman–Crippen LogP) is 4.86. The lowest BCUT2D eigenvalue weighted by atomic mass is 9.93. The normalized spacial score (nSPS) is 19.8. The Balaban J connectivity index is 0.00000380. The van der Waals surface area contributed by atoms with Crippen molar-refractivity contribution in [3.8, 4) is 0 Å². The molecular weight excluding hydrogens is 517 g/mol. The van der Waals surface area contributed by atoms with Crippen molar-refractivity contribution in [3.63, 3.8) is 0 Å². The van der Waals surface area contributed by atoms with E-state index in [1.54, 1.807) is 42.9 Å². The van der Waals surface area contributed by atoms with Crippen LogP contribution in [0.5, 0.6) is 0 Å². The Morgan fingerprint density at radius 3 is 2.65 bits per heavy atom. The third kappa shape index (κ3) is 7.75. The molecule has 1 aromatic heterocycles. The van der Waals surface area contributed by atoms with E-state index >= 15 is 0 Å². The number of hydrogen-bond acceptors (Lipinski definition) is 7. The lowest BCUT2D eigenvalue weighted by Crippen LogP contribution is -2.43. The Morgan fingerprint density at radius 1 is 1.22 bits per heavy atom. The van der Waals surface area contributed by atoms with Gasteiger partial charge in [-0.2, -0.15) is 5.10 Å². The molecule has 0 spiro atoms. The van der Waals surface area contributed by atoms with Crippen molar-refractivity contribution in [1.82, 2.24) is 14.7 Å². The van der Waals surface area contributed by atoms with E-state index in [9.17, 15) is 18.8 Å². The number of carbonyl (C=O) groups excluding carboxylic acids is 3. The summed E-state index contributed by atoms with van der Waals surface area (Å²) in [4.78, 5) is 39.0. The van der Waals surface area contributed by atoms with Gasteiger partial charge in [-0.3, -0.25) is 24.0 Å². The summed E-state index contributed by atoms with van der Waals surface area (Å²) in [6, 6.07) is 7.72. The maximum absolute atomic E-state index is 14.8. The van der Waals surface area contributed by atoms with Gasteiger partial charge in [-0.25, -0.2) is 4.39 Å². The number of esters is 1. The molecule has 2 aliphatic rings. The molecule has 1 aliphatic carbocycles. The fourth-order valence-corrected chi connectivity index (χ4v) is 5.52. The summed E-state index contributed by atoms with van der Waals surface area (Å²) < 4.78 is 21.5. The number of Topliss-reactive ketones (excluding diaryl/α,β-unsaturated/α-hetero) is 1. The van der Waals surface area contributed by atoms with E-state index in [-0.39, 0.29) is 52.7 Å². The van der Waals surface area contributed by atoms with Crippen molar-refractivity contribution in [2.75, 3.05) is 19.7 Å². The van der Waals surface area contributed by atoms with Gasteiger partial charge in [-0.05, 0) is 50.0 Å². The van der Waals surface area contributed by atoms with Gasteiger partial charge >= 0.3 is 5.97 Å². The minimum Gasteiger partial charge on any atom is -0.466 e. The third-order valence-corrected chi connectivity index (χ3v) is 7.60. The molecule has 4 rings (SSSR count). The first kappa shape index (κ1) is 29.1.